The number of hydrogen-bond acceptors (Lipinski definition) is 0. The first-order chi connectivity index (χ1) is 5.15. The molecule has 0 spiro atoms. The van der Waals surface area contributed by atoms with E-state index in [1.54, 1.807) is 0 Å². The van der Waals surface area contributed by atoms with Crippen molar-refractivity contribution >= 4 is 34.8 Å². The maximum Gasteiger partial charge on any atom is 0.516 e. The summed E-state index contributed by atoms with van der Waals surface area (Å²) in [6, 6.07) is 1.37. The van der Waals surface area contributed by atoms with Crippen LogP contribution in [0.2, 0.25) is 0 Å². The highest BCUT2D eigenvalue weighted by Crippen LogP contribution is 2.04. The second kappa shape index (κ2) is 3.78. The molecule has 0 unspecified atom stereocenters. The van der Waals surface area contributed by atoms with Crippen molar-refractivity contribution in [1.82, 2.24) is 0 Å². The Morgan fingerprint density at radius 2 is 1.55 bits per heavy atom. The Labute approximate surface area is 77.4 Å². The topological polar surface area (TPSA) is 0 Å². The van der Waals surface area contributed by atoms with Gasteiger partial charge in [-0.3, -0.25) is 12.9 Å². The van der Waals surface area contributed by atoms with E-state index >= 15 is 0 Å². The zero-order valence-corrected chi connectivity index (χ0v) is 8.37. The lowest BCUT2D eigenvalue weighted by molar-refractivity contribution is 0.553. The van der Waals surface area contributed by atoms with Gasteiger partial charge < -0.3 is 0 Å². The van der Waals surface area contributed by atoms with Crippen molar-refractivity contribution < 1.29 is 13.2 Å². The average Bonchev–Trinajstić information content (AvgIpc) is 1.85. The van der Waals surface area contributed by atoms with Crippen LogP contribution in [0.25, 0.3) is 0 Å². The van der Waals surface area contributed by atoms with Crippen LogP contribution in [0.15, 0.2) is 12.1 Å². The van der Waals surface area contributed by atoms with Gasteiger partial charge in [-0.25, -0.2) is 13.2 Å². The molecule has 56 valence electrons. The zero-order valence-electron chi connectivity index (χ0n) is 5.37. The minimum absolute atomic E-state index is 0.00796. The summed E-state index contributed by atoms with van der Waals surface area (Å²) in [5.74, 6) is -2.48. The molecule has 0 bridgehead atoms. The third kappa shape index (κ3) is 2.10. The van der Waals surface area contributed by atoms with Gasteiger partial charge in [-0.2, -0.15) is 0 Å². The molecule has 0 amide bonds. The van der Waals surface area contributed by atoms with E-state index in [0.717, 1.165) is 0 Å². The molecule has 0 N–H and O–H groups in total. The Kier molecular flexibility index (Phi) is 3.21. The van der Waals surface area contributed by atoms with Crippen LogP contribution in [-0.4, -0.2) is 18.2 Å². The van der Waals surface area contributed by atoms with E-state index in [9.17, 15) is 13.2 Å². The quantitative estimate of drug-likeness (QED) is 0.650. The van der Waals surface area contributed by atoms with Crippen molar-refractivity contribution in [3.05, 3.63) is 29.6 Å². The van der Waals surface area contributed by atoms with Gasteiger partial charge in [0, 0.05) is 12.1 Å². The highest BCUT2D eigenvalue weighted by atomic mass is 79.9. The van der Waals surface area contributed by atoms with Crippen LogP contribution in [0.4, 0.5) is 13.2 Å². The van der Waals surface area contributed by atoms with Gasteiger partial charge in [0.25, 0.3) is 0 Å². The summed E-state index contributed by atoms with van der Waals surface area (Å²) in [5.41, 5.74) is 0. The lowest BCUT2D eigenvalue weighted by Gasteiger charge is -1.99. The van der Waals surface area contributed by atoms with Gasteiger partial charge in [-0.1, -0.05) is 3.69 Å². The third-order valence-electron chi connectivity index (χ3n) is 1.24. The molecule has 0 aliphatic carbocycles. The van der Waals surface area contributed by atoms with Crippen LogP contribution in [0.5, 0.6) is 0 Å². The summed E-state index contributed by atoms with van der Waals surface area (Å²) >= 11 is 1.93. The standard InChI is InChI=1S/C6H2F3.BrH.Mg/c7-4-1-5(8)3-6(9)2-4;;/h1-2H;1H;/q;;+1/p-1. The van der Waals surface area contributed by atoms with Gasteiger partial charge in [0.15, 0.2) is 0 Å². The van der Waals surface area contributed by atoms with E-state index in [1.165, 1.54) is 0 Å². The van der Waals surface area contributed by atoms with E-state index in [2.05, 4.69) is 12.9 Å². The van der Waals surface area contributed by atoms with E-state index in [0.29, 0.717) is 12.1 Å². The Morgan fingerprint density at radius 3 is 1.91 bits per heavy atom. The average molecular weight is 235 g/mol. The Hall–Kier alpha value is 0.256. The molecule has 0 saturated heterocycles. The number of benzene rings is 1. The summed E-state index contributed by atoms with van der Waals surface area (Å²) in [7, 11) is 0. The maximum absolute atomic E-state index is 12.6. The molecule has 11 heavy (non-hydrogen) atoms. The smallest absolute Gasteiger partial charge is 0.296 e. The fourth-order valence-electron chi connectivity index (χ4n) is 0.700. The molecule has 0 saturated carbocycles. The fourth-order valence-corrected chi connectivity index (χ4v) is 2.77. The van der Waals surface area contributed by atoms with Crippen LogP contribution >= 0.6 is 12.9 Å². The minimum Gasteiger partial charge on any atom is -0.296 e. The molecule has 0 atom stereocenters. The van der Waals surface area contributed by atoms with Gasteiger partial charge in [0.05, 0.1) is 0 Å². The summed E-state index contributed by atoms with van der Waals surface area (Å²) in [6.07, 6.45) is 0. The second-order valence-corrected chi connectivity index (χ2v) is 4.64. The van der Waals surface area contributed by atoms with Crippen LogP contribution in [-0.2, 0) is 0 Å². The number of rotatable bonds is 1. The monoisotopic (exact) mass is 234 g/mol. The first-order valence-corrected chi connectivity index (χ1v) is 7.45. The molecule has 0 aliphatic heterocycles. The predicted octanol–water partition coefficient (Wildman–Crippen LogP) is 1.74. The molecular weight excluding hydrogens is 233 g/mol. The number of halogens is 4. The van der Waals surface area contributed by atoms with E-state index < -0.39 is 35.6 Å². The Bertz CT molecular complexity index is 254. The van der Waals surface area contributed by atoms with Crippen molar-refractivity contribution in [2.45, 2.75) is 0 Å². The maximum atomic E-state index is 12.6. The summed E-state index contributed by atoms with van der Waals surface area (Å²) in [4.78, 5) is 0. The van der Waals surface area contributed by atoms with Crippen molar-refractivity contribution in [3.8, 4) is 0 Å². The second-order valence-electron chi connectivity index (χ2n) is 1.98. The normalized spacial score (nSPS) is 9.45. The highest BCUT2D eigenvalue weighted by Gasteiger charge is 2.10. The van der Waals surface area contributed by atoms with E-state index in [4.69, 9.17) is 0 Å². The largest absolute Gasteiger partial charge is 0.516 e. The van der Waals surface area contributed by atoms with Crippen molar-refractivity contribution in [1.29, 1.82) is 0 Å². The molecule has 1 rings (SSSR count). The first-order valence-electron chi connectivity index (χ1n) is 2.84. The molecule has 0 heterocycles. The van der Waals surface area contributed by atoms with Crippen LogP contribution in [0.1, 0.15) is 0 Å². The Morgan fingerprint density at radius 1 is 1.09 bits per heavy atom. The van der Waals surface area contributed by atoms with Gasteiger partial charge in [-0.15, -0.1) is 0 Å². The summed E-state index contributed by atoms with van der Waals surface area (Å²) in [5, 5.41) is 0. The zero-order chi connectivity index (χ0) is 8.43. The minimum atomic E-state index is -1.09. The molecule has 0 aliphatic rings. The molecule has 1 aromatic rings. The van der Waals surface area contributed by atoms with Crippen LogP contribution in [0, 0.1) is 17.5 Å². The van der Waals surface area contributed by atoms with Crippen molar-refractivity contribution in [2.24, 2.45) is 0 Å². The lowest BCUT2D eigenvalue weighted by Crippen LogP contribution is -2.18. The van der Waals surface area contributed by atoms with E-state index in [-0.39, 0.29) is 3.69 Å². The SMILES string of the molecule is Fc1cc(F)[c]([Mg][Br])c(F)c1. The third-order valence-corrected chi connectivity index (χ3v) is 3.86. The van der Waals surface area contributed by atoms with Crippen molar-refractivity contribution in [3.63, 3.8) is 0 Å². The Balaban J connectivity index is 3.25. The lowest BCUT2D eigenvalue weighted by atomic mass is 10.3. The van der Waals surface area contributed by atoms with Crippen LogP contribution in [0.3, 0.4) is 0 Å². The number of hydrogen-bond donors (Lipinski definition) is 0. The van der Waals surface area contributed by atoms with Gasteiger partial charge in [0.1, 0.15) is 17.5 Å². The highest BCUT2D eigenvalue weighted by molar-refractivity contribution is 9.23. The van der Waals surface area contributed by atoms with Gasteiger partial charge in [-0.05, 0) is 0 Å². The van der Waals surface area contributed by atoms with Gasteiger partial charge in [0.2, 0.25) is 0 Å². The fraction of sp³-hybridized carbons (Fsp3) is 0. The first kappa shape index (κ1) is 9.35. The molecule has 0 nitrogen and oxygen atoms in total. The summed E-state index contributed by atoms with van der Waals surface area (Å²) in [6.45, 7) is 0. The molecule has 0 radical (unpaired) electrons. The molecule has 0 fully saturated rings. The molecule has 1 aromatic carbocycles. The van der Waals surface area contributed by atoms with Gasteiger partial charge >= 0.3 is 18.2 Å². The molecule has 0 aromatic heterocycles. The predicted molar refractivity (Wildman–Crippen MR) is 40.6 cm³/mol. The summed E-state index contributed by atoms with van der Waals surface area (Å²) < 4.78 is 37.5. The van der Waals surface area contributed by atoms with Crippen molar-refractivity contribution in [2.75, 3.05) is 0 Å². The molecular formula is C6H2BrF3Mg. The van der Waals surface area contributed by atoms with E-state index in [1.807, 2.05) is 0 Å². The van der Waals surface area contributed by atoms with Crippen LogP contribution < -0.4 is 3.69 Å². The molecule has 5 heteroatoms.